The first-order valence-corrected chi connectivity index (χ1v) is 14.9. The van der Waals surface area contributed by atoms with Crippen molar-refractivity contribution >= 4 is 17.5 Å². The average Bonchev–Trinajstić information content (AvgIpc) is 3.01. The quantitative estimate of drug-likeness (QED) is 0.211. The van der Waals surface area contributed by atoms with Crippen molar-refractivity contribution < 1.29 is 22.8 Å². The molecule has 1 fully saturated rings. The summed E-state index contributed by atoms with van der Waals surface area (Å²) in [6.07, 6.45) is 3.17. The number of hydrogen-bond acceptors (Lipinski definition) is 3. The number of aliphatic imine (C=N–C) groups is 1. The van der Waals surface area contributed by atoms with Crippen molar-refractivity contribution in [1.29, 1.82) is 0 Å². The monoisotopic (exact) mass is 593 g/mol. The van der Waals surface area contributed by atoms with Crippen molar-refractivity contribution in [2.24, 2.45) is 4.99 Å². The third-order valence-corrected chi connectivity index (χ3v) is 7.96. The van der Waals surface area contributed by atoms with Crippen molar-refractivity contribution in [3.8, 4) is 0 Å². The number of halogens is 3. The van der Waals surface area contributed by atoms with Crippen molar-refractivity contribution in [2.45, 2.75) is 77.1 Å². The molecule has 1 aliphatic rings. The highest BCUT2D eigenvalue weighted by Gasteiger charge is 2.31. The summed E-state index contributed by atoms with van der Waals surface area (Å²) in [7, 11) is 1.68. The Morgan fingerprint density at radius 3 is 2.19 bits per heavy atom. The van der Waals surface area contributed by atoms with E-state index in [9.17, 15) is 22.8 Å². The molecule has 3 rings (SSSR count). The summed E-state index contributed by atoms with van der Waals surface area (Å²) >= 11 is 0. The van der Waals surface area contributed by atoms with Crippen LogP contribution in [0.25, 0.3) is 0 Å². The maximum atomic E-state index is 14.1. The zero-order valence-electron chi connectivity index (χ0n) is 25.5. The van der Waals surface area contributed by atoms with E-state index in [1.165, 1.54) is 11.6 Å². The van der Waals surface area contributed by atoms with E-state index in [0.717, 1.165) is 37.3 Å². The first kappa shape index (κ1) is 33.6. The van der Waals surface area contributed by atoms with E-state index in [-0.39, 0.29) is 29.6 Å². The second-order valence-corrected chi connectivity index (χ2v) is 10.8. The van der Waals surface area contributed by atoms with Gasteiger partial charge in [-0.25, -0.2) is 0 Å². The Bertz CT molecular complexity index is 1340. The molecule has 2 aromatic rings. The number of carbonyl (C=O) groups is 2. The summed E-state index contributed by atoms with van der Waals surface area (Å²) in [5, 5.41) is 2.77. The number of amides is 2. The van der Waals surface area contributed by atoms with Gasteiger partial charge in [-0.3, -0.25) is 14.6 Å². The van der Waals surface area contributed by atoms with Crippen LogP contribution in [0.1, 0.15) is 86.3 Å². The van der Waals surface area contributed by atoms with Gasteiger partial charge in [-0.1, -0.05) is 68.1 Å². The van der Waals surface area contributed by atoms with Crippen molar-refractivity contribution in [3.63, 3.8) is 0 Å². The number of carbonyl (C=O) groups excluding carboxylic acids is 2. The van der Waals surface area contributed by atoms with Crippen LogP contribution in [-0.4, -0.2) is 48.2 Å². The van der Waals surface area contributed by atoms with Gasteiger partial charge in [0.15, 0.2) is 0 Å². The van der Waals surface area contributed by atoms with E-state index in [4.69, 9.17) is 4.99 Å². The van der Waals surface area contributed by atoms with Crippen molar-refractivity contribution in [2.75, 3.05) is 13.6 Å². The van der Waals surface area contributed by atoms with Gasteiger partial charge in [0.2, 0.25) is 0 Å². The number of hydrogen-bond donors (Lipinski definition) is 1. The molecule has 8 heteroatoms. The molecular formula is C35H42F3N3O2. The second-order valence-electron chi connectivity index (χ2n) is 10.8. The molecule has 0 radical (unpaired) electrons. The zero-order chi connectivity index (χ0) is 31.6. The van der Waals surface area contributed by atoms with E-state index >= 15 is 0 Å². The Morgan fingerprint density at radius 1 is 1.02 bits per heavy atom. The van der Waals surface area contributed by atoms with Crippen molar-refractivity contribution in [3.05, 3.63) is 107 Å². The lowest BCUT2D eigenvalue weighted by molar-refractivity contribution is -0.125. The van der Waals surface area contributed by atoms with Gasteiger partial charge >= 0.3 is 6.18 Å². The Hall–Kier alpha value is -3.94. The Morgan fingerprint density at radius 2 is 1.65 bits per heavy atom. The molecule has 2 amide bonds. The molecule has 1 N–H and O–H groups in total. The number of nitrogens with one attached hydrogen (secondary N) is 1. The van der Waals surface area contributed by atoms with Gasteiger partial charge in [0.1, 0.15) is 5.71 Å². The predicted molar refractivity (Wildman–Crippen MR) is 167 cm³/mol. The van der Waals surface area contributed by atoms with Gasteiger partial charge in [0.25, 0.3) is 11.8 Å². The third-order valence-electron chi connectivity index (χ3n) is 7.96. The molecule has 1 saturated carbocycles. The summed E-state index contributed by atoms with van der Waals surface area (Å²) in [6.45, 7) is 9.14. The van der Waals surface area contributed by atoms with Crippen LogP contribution in [-0.2, 0) is 4.79 Å². The standard InChI is InChI=1S/C35H42F3N3O2/c1-6-25(15-14-24(4)35(36,37)38)32(40-30-22-20-27(21-23-30)26-12-10-9-11-13-26)34(43)41(5)31(7-2)28-16-18-29(19-17-28)33(42)39-8-3/h6,9-19,27,30-31H,4,7-8,20-23H2,1-3,5H3,(H,39,42)/b15-14-,25-6+,40-32?. The Kier molecular flexibility index (Phi) is 12.1. The molecule has 1 atom stereocenters. The van der Waals surface area contributed by atoms with Crippen LogP contribution in [0, 0.1) is 0 Å². The number of rotatable bonds is 11. The maximum absolute atomic E-state index is 14.1. The largest absolute Gasteiger partial charge is 0.415 e. The Labute approximate surface area is 253 Å². The number of allylic oxidation sites excluding steroid dienone is 4. The molecule has 0 heterocycles. The third kappa shape index (κ3) is 9.02. The summed E-state index contributed by atoms with van der Waals surface area (Å²) in [5.41, 5.74) is 2.10. The Balaban J connectivity index is 1.91. The van der Waals surface area contributed by atoms with E-state index in [1.54, 1.807) is 37.1 Å². The molecule has 0 aliphatic heterocycles. The topological polar surface area (TPSA) is 61.8 Å². The molecule has 0 spiro atoms. The van der Waals surface area contributed by atoms with Crippen LogP contribution in [0.2, 0.25) is 0 Å². The van der Waals surface area contributed by atoms with Gasteiger partial charge in [-0.2, -0.15) is 13.2 Å². The highest BCUT2D eigenvalue weighted by molar-refractivity contribution is 6.46. The number of benzene rings is 2. The lowest BCUT2D eigenvalue weighted by Gasteiger charge is -2.30. The highest BCUT2D eigenvalue weighted by Crippen LogP contribution is 2.35. The van der Waals surface area contributed by atoms with Gasteiger partial charge in [0, 0.05) is 30.3 Å². The summed E-state index contributed by atoms with van der Waals surface area (Å²) in [6, 6.07) is 17.0. The fourth-order valence-electron chi connectivity index (χ4n) is 5.46. The van der Waals surface area contributed by atoms with Gasteiger partial charge < -0.3 is 10.2 Å². The highest BCUT2D eigenvalue weighted by atomic mass is 19.4. The summed E-state index contributed by atoms with van der Waals surface area (Å²) in [4.78, 5) is 32.8. The van der Waals surface area contributed by atoms with E-state index < -0.39 is 11.7 Å². The summed E-state index contributed by atoms with van der Waals surface area (Å²) in [5.74, 6) is -0.134. The minimum atomic E-state index is -4.57. The SMILES string of the molecule is C=C(/C=C\C(=C/C)C(=NC1CCC(c2ccccc2)CC1)C(=O)N(C)C(CC)c1ccc(C(=O)NCC)cc1)C(F)(F)F. The molecule has 1 unspecified atom stereocenters. The molecule has 1 aliphatic carbocycles. The first-order valence-electron chi connectivity index (χ1n) is 14.9. The second kappa shape index (κ2) is 15.5. The van der Waals surface area contributed by atoms with Gasteiger partial charge in [-0.15, -0.1) is 0 Å². The van der Waals surface area contributed by atoms with E-state index in [0.29, 0.717) is 30.0 Å². The number of nitrogens with zero attached hydrogens (tertiary/aromatic N) is 2. The zero-order valence-corrected chi connectivity index (χ0v) is 25.5. The minimum Gasteiger partial charge on any atom is -0.352 e. The number of alkyl halides is 3. The van der Waals surface area contributed by atoms with Gasteiger partial charge in [0.05, 0.1) is 12.1 Å². The van der Waals surface area contributed by atoms with Crippen LogP contribution in [0.3, 0.4) is 0 Å². The molecule has 5 nitrogen and oxygen atoms in total. The summed E-state index contributed by atoms with van der Waals surface area (Å²) < 4.78 is 39.6. The maximum Gasteiger partial charge on any atom is 0.415 e. The fraction of sp³-hybridized carbons (Fsp3) is 0.400. The minimum absolute atomic E-state index is 0.127. The molecule has 0 bridgehead atoms. The van der Waals surface area contributed by atoms with Crippen LogP contribution in [0.15, 0.2) is 95.5 Å². The van der Waals surface area contributed by atoms with Crippen LogP contribution in [0.5, 0.6) is 0 Å². The molecule has 2 aromatic carbocycles. The molecular weight excluding hydrogens is 551 g/mol. The predicted octanol–water partition coefficient (Wildman–Crippen LogP) is 8.13. The van der Waals surface area contributed by atoms with E-state index in [1.807, 2.05) is 44.2 Å². The molecule has 0 aromatic heterocycles. The lowest BCUT2D eigenvalue weighted by Crippen LogP contribution is -2.38. The van der Waals surface area contributed by atoms with Crippen LogP contribution >= 0.6 is 0 Å². The van der Waals surface area contributed by atoms with Crippen LogP contribution in [0.4, 0.5) is 13.2 Å². The molecule has 0 saturated heterocycles. The fourth-order valence-corrected chi connectivity index (χ4v) is 5.46. The lowest BCUT2D eigenvalue weighted by atomic mass is 9.82. The molecule has 230 valence electrons. The average molecular weight is 594 g/mol. The van der Waals surface area contributed by atoms with Crippen LogP contribution < -0.4 is 5.32 Å². The molecule has 43 heavy (non-hydrogen) atoms. The first-order chi connectivity index (χ1) is 20.5. The van der Waals surface area contributed by atoms with E-state index in [2.05, 4.69) is 24.0 Å². The van der Waals surface area contributed by atoms with Gasteiger partial charge in [-0.05, 0) is 81.2 Å². The smallest absolute Gasteiger partial charge is 0.352 e. The van der Waals surface area contributed by atoms with Crippen molar-refractivity contribution in [1.82, 2.24) is 10.2 Å². The normalized spacial score (nSPS) is 18.8.